The summed E-state index contributed by atoms with van der Waals surface area (Å²) in [5.41, 5.74) is 5.50. The van der Waals surface area contributed by atoms with Crippen LogP contribution in [0.4, 0.5) is 0 Å². The number of nitrogens with two attached hydrogens (primary N) is 1. The predicted octanol–water partition coefficient (Wildman–Crippen LogP) is 1.03. The van der Waals surface area contributed by atoms with Gasteiger partial charge >= 0.3 is 0 Å². The van der Waals surface area contributed by atoms with E-state index in [1.807, 2.05) is 20.8 Å². The van der Waals surface area contributed by atoms with Gasteiger partial charge in [0, 0.05) is 38.6 Å². The fraction of sp³-hybridized carbons (Fsp3) is 0.833. The Bertz CT molecular complexity index is 269. The van der Waals surface area contributed by atoms with Crippen LogP contribution < -0.4 is 5.73 Å². The van der Waals surface area contributed by atoms with Gasteiger partial charge in [-0.3, -0.25) is 4.79 Å². The van der Waals surface area contributed by atoms with Crippen LogP contribution in [-0.2, 0) is 9.53 Å². The van der Waals surface area contributed by atoms with Crippen molar-refractivity contribution in [3.05, 3.63) is 0 Å². The molecule has 0 aromatic carbocycles. The fourth-order valence-corrected chi connectivity index (χ4v) is 1.56. The highest BCUT2D eigenvalue weighted by atomic mass is 16.5. The SMILES string of the molecule is CCOCCCC(=O)N(CC)CC(C)C(N)=NO. The molecule has 106 valence electrons. The van der Waals surface area contributed by atoms with Crippen molar-refractivity contribution in [3.8, 4) is 0 Å². The molecule has 0 saturated carbocycles. The Morgan fingerprint density at radius 3 is 2.67 bits per heavy atom. The van der Waals surface area contributed by atoms with Gasteiger partial charge < -0.3 is 20.6 Å². The third-order valence-electron chi connectivity index (χ3n) is 2.73. The van der Waals surface area contributed by atoms with Crippen LogP contribution >= 0.6 is 0 Å². The minimum atomic E-state index is -0.147. The summed E-state index contributed by atoms with van der Waals surface area (Å²) >= 11 is 0. The Morgan fingerprint density at radius 1 is 1.50 bits per heavy atom. The normalized spacial score (nSPS) is 13.4. The average molecular weight is 259 g/mol. The number of amidine groups is 1. The van der Waals surface area contributed by atoms with Crippen molar-refractivity contribution in [1.29, 1.82) is 0 Å². The summed E-state index contributed by atoms with van der Waals surface area (Å²) in [6, 6.07) is 0. The van der Waals surface area contributed by atoms with Gasteiger partial charge in [0.25, 0.3) is 0 Å². The Hall–Kier alpha value is -1.30. The molecule has 6 heteroatoms. The van der Waals surface area contributed by atoms with Crippen LogP contribution in [0.5, 0.6) is 0 Å². The molecule has 0 aromatic rings. The standard InChI is InChI=1S/C12H25N3O3/c1-4-15(9-10(3)12(13)14-17)11(16)7-6-8-18-5-2/h10,17H,4-9H2,1-3H3,(H2,13,14). The fourth-order valence-electron chi connectivity index (χ4n) is 1.56. The molecule has 0 heterocycles. The maximum absolute atomic E-state index is 11.9. The molecule has 0 rings (SSSR count). The number of hydrogen-bond acceptors (Lipinski definition) is 4. The van der Waals surface area contributed by atoms with Crippen molar-refractivity contribution in [2.45, 2.75) is 33.6 Å². The van der Waals surface area contributed by atoms with E-state index < -0.39 is 0 Å². The van der Waals surface area contributed by atoms with Gasteiger partial charge in [-0.2, -0.15) is 0 Å². The van der Waals surface area contributed by atoms with Gasteiger partial charge in [0.2, 0.25) is 5.91 Å². The highest BCUT2D eigenvalue weighted by Gasteiger charge is 2.17. The number of oxime groups is 1. The summed E-state index contributed by atoms with van der Waals surface area (Å²) in [5, 5.41) is 11.5. The number of nitrogens with zero attached hydrogens (tertiary/aromatic N) is 2. The second kappa shape index (κ2) is 9.70. The number of rotatable bonds is 9. The molecule has 18 heavy (non-hydrogen) atoms. The highest BCUT2D eigenvalue weighted by Crippen LogP contribution is 2.04. The third-order valence-corrected chi connectivity index (χ3v) is 2.73. The molecule has 0 spiro atoms. The van der Waals surface area contributed by atoms with Crippen LogP contribution in [0.2, 0.25) is 0 Å². The predicted molar refractivity (Wildman–Crippen MR) is 70.6 cm³/mol. The largest absolute Gasteiger partial charge is 0.409 e. The molecule has 0 aliphatic heterocycles. The van der Waals surface area contributed by atoms with Crippen molar-refractivity contribution in [1.82, 2.24) is 4.90 Å². The number of carbonyl (C=O) groups is 1. The molecule has 6 nitrogen and oxygen atoms in total. The maximum atomic E-state index is 11.9. The van der Waals surface area contributed by atoms with E-state index >= 15 is 0 Å². The van der Waals surface area contributed by atoms with Crippen molar-refractivity contribution < 1.29 is 14.7 Å². The third kappa shape index (κ3) is 6.44. The quantitative estimate of drug-likeness (QED) is 0.213. The summed E-state index contributed by atoms with van der Waals surface area (Å²) in [6.07, 6.45) is 1.19. The lowest BCUT2D eigenvalue weighted by molar-refractivity contribution is -0.131. The number of amides is 1. The van der Waals surface area contributed by atoms with Crippen molar-refractivity contribution in [2.24, 2.45) is 16.8 Å². The Balaban J connectivity index is 4.11. The number of carbonyl (C=O) groups excluding carboxylic acids is 1. The molecule has 0 fully saturated rings. The topological polar surface area (TPSA) is 88.2 Å². The smallest absolute Gasteiger partial charge is 0.222 e. The second-order valence-corrected chi connectivity index (χ2v) is 4.16. The summed E-state index contributed by atoms with van der Waals surface area (Å²) < 4.78 is 5.19. The van der Waals surface area contributed by atoms with Crippen molar-refractivity contribution in [3.63, 3.8) is 0 Å². The minimum Gasteiger partial charge on any atom is -0.409 e. The second-order valence-electron chi connectivity index (χ2n) is 4.16. The average Bonchev–Trinajstić information content (AvgIpc) is 2.39. The van der Waals surface area contributed by atoms with Crippen molar-refractivity contribution in [2.75, 3.05) is 26.3 Å². The molecular formula is C12H25N3O3. The van der Waals surface area contributed by atoms with E-state index in [1.165, 1.54) is 0 Å². The van der Waals surface area contributed by atoms with Crippen LogP contribution in [-0.4, -0.2) is 48.2 Å². The Morgan fingerprint density at radius 2 is 2.17 bits per heavy atom. The number of hydrogen-bond donors (Lipinski definition) is 2. The van der Waals surface area contributed by atoms with Crippen LogP contribution in [0.15, 0.2) is 5.16 Å². The van der Waals surface area contributed by atoms with E-state index in [9.17, 15) is 4.79 Å². The van der Waals surface area contributed by atoms with Gasteiger partial charge in [0.05, 0.1) is 0 Å². The highest BCUT2D eigenvalue weighted by molar-refractivity contribution is 5.83. The zero-order valence-corrected chi connectivity index (χ0v) is 11.6. The van der Waals surface area contributed by atoms with E-state index in [1.54, 1.807) is 4.90 Å². The molecule has 0 aliphatic rings. The number of ether oxygens (including phenoxy) is 1. The first-order chi connectivity index (χ1) is 8.56. The summed E-state index contributed by atoms with van der Waals surface area (Å²) in [5.74, 6) is 0.0798. The molecular weight excluding hydrogens is 234 g/mol. The lowest BCUT2D eigenvalue weighted by atomic mass is 10.1. The monoisotopic (exact) mass is 259 g/mol. The van der Waals surface area contributed by atoms with Crippen LogP contribution in [0.25, 0.3) is 0 Å². The van der Waals surface area contributed by atoms with Crippen LogP contribution in [0.1, 0.15) is 33.6 Å². The molecule has 1 amide bonds. The molecule has 0 saturated heterocycles. The molecule has 0 radical (unpaired) electrons. The Labute approximate surface area is 109 Å². The van der Waals surface area contributed by atoms with E-state index in [0.717, 1.165) is 6.42 Å². The van der Waals surface area contributed by atoms with E-state index in [2.05, 4.69) is 5.16 Å². The van der Waals surface area contributed by atoms with E-state index in [0.29, 0.717) is 32.7 Å². The molecule has 1 unspecified atom stereocenters. The van der Waals surface area contributed by atoms with E-state index in [4.69, 9.17) is 15.7 Å². The van der Waals surface area contributed by atoms with Crippen LogP contribution in [0, 0.1) is 5.92 Å². The maximum Gasteiger partial charge on any atom is 0.222 e. The summed E-state index contributed by atoms with van der Waals surface area (Å²) in [6.45, 7) is 8.04. The first-order valence-corrected chi connectivity index (χ1v) is 6.39. The summed E-state index contributed by atoms with van der Waals surface area (Å²) in [7, 11) is 0. The van der Waals surface area contributed by atoms with Gasteiger partial charge in [-0.15, -0.1) is 0 Å². The zero-order valence-electron chi connectivity index (χ0n) is 11.6. The molecule has 1 atom stereocenters. The van der Waals surface area contributed by atoms with Crippen molar-refractivity contribution >= 4 is 11.7 Å². The lowest BCUT2D eigenvalue weighted by Gasteiger charge is -2.24. The van der Waals surface area contributed by atoms with Gasteiger partial charge in [-0.05, 0) is 20.3 Å². The summed E-state index contributed by atoms with van der Waals surface area (Å²) in [4.78, 5) is 13.6. The van der Waals surface area contributed by atoms with Gasteiger partial charge in [0.15, 0.2) is 0 Å². The van der Waals surface area contributed by atoms with Crippen LogP contribution in [0.3, 0.4) is 0 Å². The molecule has 0 aliphatic carbocycles. The molecule has 3 N–H and O–H groups in total. The zero-order chi connectivity index (χ0) is 14.0. The molecule has 0 bridgehead atoms. The van der Waals surface area contributed by atoms with Gasteiger partial charge in [-0.1, -0.05) is 12.1 Å². The van der Waals surface area contributed by atoms with Gasteiger partial charge in [0.1, 0.15) is 5.84 Å². The molecule has 0 aromatic heterocycles. The first-order valence-electron chi connectivity index (χ1n) is 6.39. The van der Waals surface area contributed by atoms with Gasteiger partial charge in [-0.25, -0.2) is 0 Å². The lowest BCUT2D eigenvalue weighted by Crippen LogP contribution is -2.38. The van der Waals surface area contributed by atoms with E-state index in [-0.39, 0.29) is 17.7 Å². The Kier molecular flexibility index (Phi) is 9.00. The first kappa shape index (κ1) is 16.7. The minimum absolute atomic E-state index is 0.0785.